The number of nitro groups is 1. The molecule has 0 radical (unpaired) electrons. The van der Waals surface area contributed by atoms with Gasteiger partial charge >= 0.3 is 0 Å². The van der Waals surface area contributed by atoms with Crippen LogP contribution < -0.4 is 10.9 Å². The standard InChI is InChI=1S/C20H18N4O7S/c25-19-12-17(20(26)21-13-1-3-14(4-2-13)24(27)28)16-11-15(5-6-18(16)22-19)32(29,30)23-7-9-31-10-8-23/h1-6,11-12H,7-10H2,(H,21,26)(H,22,25). The first-order valence-corrected chi connectivity index (χ1v) is 11.0. The summed E-state index contributed by atoms with van der Waals surface area (Å²) in [5.74, 6) is -0.657. The van der Waals surface area contributed by atoms with Crippen molar-refractivity contribution >= 4 is 38.2 Å². The molecule has 1 fully saturated rings. The van der Waals surface area contributed by atoms with Gasteiger partial charge in [0.15, 0.2) is 0 Å². The van der Waals surface area contributed by atoms with Gasteiger partial charge in [0, 0.05) is 47.9 Å². The second-order valence-corrected chi connectivity index (χ2v) is 8.97. The average Bonchev–Trinajstić information content (AvgIpc) is 2.79. The van der Waals surface area contributed by atoms with E-state index in [1.807, 2.05) is 0 Å². The Morgan fingerprint density at radius 2 is 1.78 bits per heavy atom. The van der Waals surface area contributed by atoms with Crippen LogP contribution in [-0.4, -0.2) is 54.8 Å². The van der Waals surface area contributed by atoms with E-state index in [2.05, 4.69) is 10.3 Å². The summed E-state index contributed by atoms with van der Waals surface area (Å²) < 4.78 is 32.5. The van der Waals surface area contributed by atoms with Crippen LogP contribution in [0.4, 0.5) is 11.4 Å². The predicted octanol–water partition coefficient (Wildman–Crippen LogP) is 1.71. The highest BCUT2D eigenvalue weighted by Crippen LogP contribution is 2.24. The summed E-state index contributed by atoms with van der Waals surface area (Å²) in [6.07, 6.45) is 0. The molecule has 11 nitrogen and oxygen atoms in total. The molecule has 1 amide bonds. The fourth-order valence-electron chi connectivity index (χ4n) is 3.38. The summed E-state index contributed by atoms with van der Waals surface area (Å²) in [6, 6.07) is 10.4. The lowest BCUT2D eigenvalue weighted by molar-refractivity contribution is -0.384. The number of carbonyl (C=O) groups is 1. The van der Waals surface area contributed by atoms with Crippen molar-refractivity contribution in [2.24, 2.45) is 0 Å². The van der Waals surface area contributed by atoms with Gasteiger partial charge < -0.3 is 15.0 Å². The third kappa shape index (κ3) is 4.23. The summed E-state index contributed by atoms with van der Waals surface area (Å²) in [5, 5.41) is 13.6. The van der Waals surface area contributed by atoms with Crippen LogP contribution in [0.15, 0.2) is 58.2 Å². The molecule has 1 saturated heterocycles. The van der Waals surface area contributed by atoms with E-state index in [-0.39, 0.29) is 40.3 Å². The molecule has 1 aliphatic rings. The van der Waals surface area contributed by atoms with E-state index in [9.17, 15) is 28.1 Å². The number of ether oxygens (including phenoxy) is 1. The number of morpholine rings is 1. The van der Waals surface area contributed by atoms with Crippen LogP contribution in [0.2, 0.25) is 0 Å². The monoisotopic (exact) mass is 458 g/mol. The third-order valence-corrected chi connectivity index (χ3v) is 6.90. The summed E-state index contributed by atoms with van der Waals surface area (Å²) in [5.41, 5.74) is -0.114. The molecule has 1 aromatic heterocycles. The molecule has 32 heavy (non-hydrogen) atoms. The zero-order valence-corrected chi connectivity index (χ0v) is 17.4. The largest absolute Gasteiger partial charge is 0.379 e. The van der Waals surface area contributed by atoms with Gasteiger partial charge in [-0.2, -0.15) is 4.31 Å². The second kappa shape index (κ2) is 8.49. The van der Waals surface area contributed by atoms with Crippen LogP contribution in [0.25, 0.3) is 10.9 Å². The number of anilines is 1. The Morgan fingerprint density at radius 3 is 2.44 bits per heavy atom. The molecule has 0 atom stereocenters. The molecule has 12 heteroatoms. The number of nitro benzene ring substituents is 1. The Hall–Kier alpha value is -3.61. The van der Waals surface area contributed by atoms with Gasteiger partial charge in [0.1, 0.15) is 0 Å². The second-order valence-electron chi connectivity index (χ2n) is 7.03. The highest BCUT2D eigenvalue weighted by atomic mass is 32.2. The SMILES string of the molecule is O=C(Nc1ccc([N+](=O)[O-])cc1)c1cc(=O)[nH]c2ccc(S(=O)(=O)N3CCOCC3)cc12. The Kier molecular flexibility index (Phi) is 5.74. The topological polar surface area (TPSA) is 152 Å². The first-order chi connectivity index (χ1) is 15.3. The lowest BCUT2D eigenvalue weighted by Gasteiger charge is -2.26. The first kappa shape index (κ1) is 21.6. The van der Waals surface area contributed by atoms with Crippen molar-refractivity contribution in [2.75, 3.05) is 31.6 Å². The smallest absolute Gasteiger partial charge is 0.269 e. The van der Waals surface area contributed by atoms with E-state index in [1.165, 1.54) is 46.8 Å². The number of pyridine rings is 1. The summed E-state index contributed by atoms with van der Waals surface area (Å²) in [6.45, 7) is 1.03. The fourth-order valence-corrected chi connectivity index (χ4v) is 4.82. The molecule has 1 aliphatic heterocycles. The van der Waals surface area contributed by atoms with Crippen LogP contribution in [0.1, 0.15) is 10.4 Å². The van der Waals surface area contributed by atoms with Gasteiger partial charge in [-0.3, -0.25) is 19.7 Å². The molecular weight excluding hydrogens is 440 g/mol. The number of nitrogens with zero attached hydrogens (tertiary/aromatic N) is 2. The molecule has 3 aromatic rings. The Labute approximate surface area is 181 Å². The number of non-ortho nitro benzene ring substituents is 1. The van der Waals surface area contributed by atoms with Gasteiger partial charge in [0.05, 0.1) is 28.6 Å². The number of nitrogens with one attached hydrogen (secondary N) is 2. The summed E-state index contributed by atoms with van der Waals surface area (Å²) in [7, 11) is -3.81. The molecule has 166 valence electrons. The number of carbonyl (C=O) groups excluding carboxylic acids is 1. The number of hydrogen-bond donors (Lipinski definition) is 2. The van der Waals surface area contributed by atoms with E-state index in [1.54, 1.807) is 0 Å². The number of aromatic amines is 1. The molecule has 0 spiro atoms. The minimum Gasteiger partial charge on any atom is -0.379 e. The predicted molar refractivity (Wildman–Crippen MR) is 115 cm³/mol. The van der Waals surface area contributed by atoms with Gasteiger partial charge in [0.2, 0.25) is 15.6 Å². The van der Waals surface area contributed by atoms with Crippen LogP contribution >= 0.6 is 0 Å². The molecule has 0 bridgehead atoms. The molecule has 0 unspecified atom stereocenters. The molecule has 2 heterocycles. The molecular formula is C20H18N4O7S. The number of benzene rings is 2. The maximum absolute atomic E-state index is 13.0. The average molecular weight is 458 g/mol. The molecule has 4 rings (SSSR count). The highest BCUT2D eigenvalue weighted by molar-refractivity contribution is 7.89. The lowest BCUT2D eigenvalue weighted by Crippen LogP contribution is -2.40. The van der Waals surface area contributed by atoms with Crippen molar-refractivity contribution < 1.29 is 22.9 Å². The fraction of sp³-hybridized carbons (Fsp3) is 0.200. The van der Waals surface area contributed by atoms with Crippen LogP contribution in [0, 0.1) is 10.1 Å². The minimum absolute atomic E-state index is 0.0108. The zero-order valence-electron chi connectivity index (χ0n) is 16.6. The van der Waals surface area contributed by atoms with Gasteiger partial charge in [0.25, 0.3) is 11.6 Å². The molecule has 0 saturated carbocycles. The molecule has 2 N–H and O–H groups in total. The van der Waals surface area contributed by atoms with Gasteiger partial charge in [-0.15, -0.1) is 0 Å². The van der Waals surface area contributed by atoms with Crippen molar-refractivity contribution in [2.45, 2.75) is 4.90 Å². The molecule has 0 aliphatic carbocycles. The Morgan fingerprint density at radius 1 is 1.09 bits per heavy atom. The van der Waals surface area contributed by atoms with Crippen molar-refractivity contribution in [1.29, 1.82) is 0 Å². The zero-order chi connectivity index (χ0) is 22.9. The number of amides is 1. The van der Waals surface area contributed by atoms with Crippen molar-refractivity contribution in [3.63, 3.8) is 0 Å². The summed E-state index contributed by atoms with van der Waals surface area (Å²) >= 11 is 0. The Balaban J connectivity index is 1.72. The first-order valence-electron chi connectivity index (χ1n) is 9.56. The number of rotatable bonds is 5. The van der Waals surface area contributed by atoms with Gasteiger partial charge in [-0.25, -0.2) is 8.42 Å². The molecule has 2 aromatic carbocycles. The van der Waals surface area contributed by atoms with E-state index >= 15 is 0 Å². The number of aromatic nitrogens is 1. The third-order valence-electron chi connectivity index (χ3n) is 5.00. The van der Waals surface area contributed by atoms with Crippen LogP contribution in [0.5, 0.6) is 0 Å². The van der Waals surface area contributed by atoms with Crippen molar-refractivity contribution in [3.8, 4) is 0 Å². The van der Waals surface area contributed by atoms with Gasteiger partial charge in [-0.05, 0) is 30.3 Å². The van der Waals surface area contributed by atoms with Crippen molar-refractivity contribution in [1.82, 2.24) is 9.29 Å². The van der Waals surface area contributed by atoms with E-state index < -0.39 is 26.4 Å². The maximum Gasteiger partial charge on any atom is 0.269 e. The maximum atomic E-state index is 13.0. The van der Waals surface area contributed by atoms with Crippen LogP contribution in [0.3, 0.4) is 0 Å². The minimum atomic E-state index is -3.81. The normalized spacial score (nSPS) is 14.9. The van der Waals surface area contributed by atoms with Crippen molar-refractivity contribution in [3.05, 3.63) is 74.6 Å². The quantitative estimate of drug-likeness (QED) is 0.436. The van der Waals surface area contributed by atoms with E-state index in [0.717, 1.165) is 6.07 Å². The van der Waals surface area contributed by atoms with Gasteiger partial charge in [-0.1, -0.05) is 0 Å². The number of sulfonamides is 1. The number of fused-ring (bicyclic) bond motifs is 1. The number of hydrogen-bond acceptors (Lipinski definition) is 7. The van der Waals surface area contributed by atoms with E-state index in [4.69, 9.17) is 4.74 Å². The highest BCUT2D eigenvalue weighted by Gasteiger charge is 2.27. The summed E-state index contributed by atoms with van der Waals surface area (Å²) in [4.78, 5) is 37.7. The lowest BCUT2D eigenvalue weighted by atomic mass is 10.1. The van der Waals surface area contributed by atoms with E-state index in [0.29, 0.717) is 18.7 Å². The Bertz CT molecular complexity index is 1360. The van der Waals surface area contributed by atoms with Crippen LogP contribution in [-0.2, 0) is 14.8 Å². The number of H-pyrrole nitrogens is 1.